The first kappa shape index (κ1) is 20.0. The standard InChI is InChI=1S/C26H24O4/c27-25(20-7-3-1-4-8-20)17-29-23-13-11-19-12-14-24(16-22(19)15-23)30-18-26(28)21-9-5-2-6-10-21/h1-16,25-28H,17-18H2. The minimum atomic E-state index is -0.684. The summed E-state index contributed by atoms with van der Waals surface area (Å²) in [6.45, 7) is 0.351. The van der Waals surface area contributed by atoms with E-state index in [2.05, 4.69) is 0 Å². The van der Waals surface area contributed by atoms with Gasteiger partial charge in [0.1, 0.15) is 36.9 Å². The number of fused-ring (bicyclic) bond motifs is 1. The van der Waals surface area contributed by atoms with Crippen LogP contribution in [0.3, 0.4) is 0 Å². The maximum Gasteiger partial charge on any atom is 0.120 e. The molecule has 0 fully saturated rings. The Kier molecular flexibility index (Phi) is 6.28. The Balaban J connectivity index is 1.41. The monoisotopic (exact) mass is 400 g/mol. The minimum Gasteiger partial charge on any atom is -0.491 e. The van der Waals surface area contributed by atoms with Crippen LogP contribution in [0.5, 0.6) is 11.5 Å². The van der Waals surface area contributed by atoms with E-state index in [0.717, 1.165) is 21.9 Å². The molecule has 0 bridgehead atoms. The SMILES string of the molecule is OC(COc1ccc2ccc(OCC(O)c3ccccc3)cc2c1)c1ccccc1. The molecule has 4 aromatic rings. The Morgan fingerprint density at radius 2 is 0.967 bits per heavy atom. The van der Waals surface area contributed by atoms with Gasteiger partial charge >= 0.3 is 0 Å². The quantitative estimate of drug-likeness (QED) is 0.434. The van der Waals surface area contributed by atoms with Crippen LogP contribution in [0.4, 0.5) is 0 Å². The Bertz CT molecular complexity index is 996. The third-order valence-corrected chi connectivity index (χ3v) is 4.97. The summed E-state index contributed by atoms with van der Waals surface area (Å²) in [5.41, 5.74) is 1.65. The highest BCUT2D eigenvalue weighted by molar-refractivity contribution is 5.85. The number of benzene rings is 4. The Morgan fingerprint density at radius 3 is 1.40 bits per heavy atom. The van der Waals surface area contributed by atoms with Crippen LogP contribution in [-0.4, -0.2) is 23.4 Å². The van der Waals surface area contributed by atoms with Gasteiger partial charge in [0.25, 0.3) is 0 Å². The molecule has 4 nitrogen and oxygen atoms in total. The third kappa shape index (κ3) is 4.98. The minimum absolute atomic E-state index is 0.176. The van der Waals surface area contributed by atoms with E-state index >= 15 is 0 Å². The number of ether oxygens (including phenoxy) is 2. The molecule has 0 aliphatic rings. The molecule has 0 amide bonds. The Hall–Kier alpha value is -3.34. The zero-order valence-electron chi connectivity index (χ0n) is 16.5. The lowest BCUT2D eigenvalue weighted by molar-refractivity contribution is 0.108. The zero-order valence-corrected chi connectivity index (χ0v) is 16.5. The van der Waals surface area contributed by atoms with Crippen molar-refractivity contribution in [3.8, 4) is 11.5 Å². The molecular weight excluding hydrogens is 376 g/mol. The maximum atomic E-state index is 10.3. The summed E-state index contributed by atoms with van der Waals surface area (Å²) >= 11 is 0. The van der Waals surface area contributed by atoms with Crippen LogP contribution in [0.25, 0.3) is 10.8 Å². The van der Waals surface area contributed by atoms with Crippen molar-refractivity contribution in [1.82, 2.24) is 0 Å². The van der Waals surface area contributed by atoms with Crippen LogP contribution in [0, 0.1) is 0 Å². The van der Waals surface area contributed by atoms with Gasteiger partial charge in [0, 0.05) is 0 Å². The van der Waals surface area contributed by atoms with Gasteiger partial charge in [0.2, 0.25) is 0 Å². The van der Waals surface area contributed by atoms with Crippen molar-refractivity contribution in [2.45, 2.75) is 12.2 Å². The van der Waals surface area contributed by atoms with E-state index in [1.165, 1.54) is 0 Å². The van der Waals surface area contributed by atoms with E-state index in [-0.39, 0.29) is 13.2 Å². The molecule has 2 N–H and O–H groups in total. The van der Waals surface area contributed by atoms with Gasteiger partial charge in [-0.2, -0.15) is 0 Å². The molecule has 0 aromatic heterocycles. The van der Waals surface area contributed by atoms with E-state index < -0.39 is 12.2 Å². The van der Waals surface area contributed by atoms with E-state index in [4.69, 9.17) is 9.47 Å². The second-order valence-electron chi connectivity index (χ2n) is 7.15. The maximum absolute atomic E-state index is 10.3. The topological polar surface area (TPSA) is 58.9 Å². The highest BCUT2D eigenvalue weighted by atomic mass is 16.5. The average molecular weight is 400 g/mol. The normalized spacial score (nSPS) is 13.0. The van der Waals surface area contributed by atoms with Crippen LogP contribution in [0.2, 0.25) is 0 Å². The number of aliphatic hydroxyl groups is 2. The molecule has 0 aliphatic heterocycles. The van der Waals surface area contributed by atoms with Gasteiger partial charge in [0.05, 0.1) is 0 Å². The summed E-state index contributed by atoms with van der Waals surface area (Å²) < 4.78 is 11.6. The molecule has 2 atom stereocenters. The summed E-state index contributed by atoms with van der Waals surface area (Å²) in [6.07, 6.45) is -1.37. The first-order chi connectivity index (χ1) is 14.7. The van der Waals surface area contributed by atoms with Gasteiger partial charge in [-0.25, -0.2) is 0 Å². The van der Waals surface area contributed by atoms with Crippen LogP contribution < -0.4 is 9.47 Å². The predicted molar refractivity (Wildman–Crippen MR) is 118 cm³/mol. The first-order valence-corrected chi connectivity index (χ1v) is 9.94. The van der Waals surface area contributed by atoms with Crippen molar-refractivity contribution in [1.29, 1.82) is 0 Å². The molecular formula is C26H24O4. The van der Waals surface area contributed by atoms with Gasteiger partial charge in [-0.3, -0.25) is 0 Å². The van der Waals surface area contributed by atoms with Crippen molar-refractivity contribution in [2.24, 2.45) is 0 Å². The summed E-state index contributed by atoms with van der Waals surface area (Å²) in [4.78, 5) is 0. The molecule has 4 aromatic carbocycles. The van der Waals surface area contributed by atoms with E-state index in [1.54, 1.807) is 0 Å². The molecule has 0 aliphatic carbocycles. The fourth-order valence-corrected chi connectivity index (χ4v) is 3.28. The van der Waals surface area contributed by atoms with Crippen molar-refractivity contribution < 1.29 is 19.7 Å². The number of aliphatic hydroxyl groups excluding tert-OH is 2. The largest absolute Gasteiger partial charge is 0.491 e. The third-order valence-electron chi connectivity index (χ3n) is 4.97. The number of hydrogen-bond donors (Lipinski definition) is 2. The summed E-state index contributed by atoms with van der Waals surface area (Å²) in [6, 6.07) is 30.5. The molecule has 2 unspecified atom stereocenters. The molecule has 0 radical (unpaired) electrons. The van der Waals surface area contributed by atoms with E-state index in [0.29, 0.717) is 11.5 Å². The zero-order chi connectivity index (χ0) is 20.8. The summed E-state index contributed by atoms with van der Waals surface area (Å²) in [5.74, 6) is 1.36. The van der Waals surface area contributed by atoms with Gasteiger partial charge in [0.15, 0.2) is 0 Å². The molecule has 152 valence electrons. The second-order valence-corrected chi connectivity index (χ2v) is 7.15. The van der Waals surface area contributed by atoms with E-state index in [1.807, 2.05) is 97.1 Å². The molecule has 0 saturated heterocycles. The van der Waals surface area contributed by atoms with Gasteiger partial charge in [-0.05, 0) is 46.2 Å². The van der Waals surface area contributed by atoms with Gasteiger partial charge < -0.3 is 19.7 Å². The van der Waals surface area contributed by atoms with Crippen molar-refractivity contribution in [3.05, 3.63) is 108 Å². The molecule has 0 spiro atoms. The van der Waals surface area contributed by atoms with Gasteiger partial charge in [-0.15, -0.1) is 0 Å². The van der Waals surface area contributed by atoms with Crippen molar-refractivity contribution >= 4 is 10.8 Å². The summed E-state index contributed by atoms with van der Waals surface area (Å²) in [7, 11) is 0. The fourth-order valence-electron chi connectivity index (χ4n) is 3.28. The molecule has 0 heterocycles. The van der Waals surface area contributed by atoms with Gasteiger partial charge in [-0.1, -0.05) is 72.8 Å². The predicted octanol–water partition coefficient (Wildman–Crippen LogP) is 5.06. The average Bonchev–Trinajstić information content (AvgIpc) is 2.81. The molecule has 4 rings (SSSR count). The lowest BCUT2D eigenvalue weighted by Crippen LogP contribution is -2.09. The Morgan fingerprint density at radius 1 is 0.533 bits per heavy atom. The molecule has 30 heavy (non-hydrogen) atoms. The lowest BCUT2D eigenvalue weighted by Gasteiger charge is -2.14. The van der Waals surface area contributed by atoms with Crippen LogP contribution in [-0.2, 0) is 0 Å². The second kappa shape index (κ2) is 9.44. The van der Waals surface area contributed by atoms with Crippen molar-refractivity contribution in [3.63, 3.8) is 0 Å². The van der Waals surface area contributed by atoms with Crippen LogP contribution >= 0.6 is 0 Å². The molecule has 0 saturated carbocycles. The number of hydrogen-bond acceptors (Lipinski definition) is 4. The molecule has 4 heteroatoms. The van der Waals surface area contributed by atoms with Crippen molar-refractivity contribution in [2.75, 3.05) is 13.2 Å². The Labute approximate surface area is 176 Å². The van der Waals surface area contributed by atoms with Crippen LogP contribution in [0.15, 0.2) is 97.1 Å². The number of rotatable bonds is 8. The van der Waals surface area contributed by atoms with Crippen LogP contribution in [0.1, 0.15) is 23.3 Å². The fraction of sp³-hybridized carbons (Fsp3) is 0.154. The van der Waals surface area contributed by atoms with E-state index in [9.17, 15) is 10.2 Å². The first-order valence-electron chi connectivity index (χ1n) is 9.94. The smallest absolute Gasteiger partial charge is 0.120 e. The summed E-state index contributed by atoms with van der Waals surface area (Å²) in [5, 5.41) is 22.6. The lowest BCUT2D eigenvalue weighted by atomic mass is 10.1. The highest BCUT2D eigenvalue weighted by Crippen LogP contribution is 2.26. The highest BCUT2D eigenvalue weighted by Gasteiger charge is 2.10.